The monoisotopic (exact) mass is 419 g/mol. The molecule has 5 rings (SSSR count). The van der Waals surface area contributed by atoms with Crippen molar-refractivity contribution < 1.29 is 19.0 Å². The topological polar surface area (TPSA) is 48.0 Å². The van der Waals surface area contributed by atoms with Crippen LogP contribution in [-0.2, 0) is 28.0 Å². The molecule has 0 amide bonds. The summed E-state index contributed by atoms with van der Waals surface area (Å²) in [5, 5.41) is 0. The van der Waals surface area contributed by atoms with E-state index in [1.807, 2.05) is 24.3 Å². The van der Waals surface area contributed by atoms with E-state index in [1.165, 1.54) is 5.56 Å². The first-order valence-corrected chi connectivity index (χ1v) is 10.9. The maximum absolute atomic E-state index is 13.0. The molecule has 5 nitrogen and oxygen atoms in total. The fourth-order valence-corrected chi connectivity index (χ4v) is 5.88. The first-order valence-electron chi connectivity index (χ1n) is 10.9. The van der Waals surface area contributed by atoms with Crippen LogP contribution in [-0.4, -0.2) is 44.5 Å². The number of methoxy groups -OCH3 is 2. The molecule has 0 N–H and O–H groups in total. The number of rotatable bonds is 5. The van der Waals surface area contributed by atoms with Gasteiger partial charge >= 0.3 is 0 Å². The normalized spacial score (nSPS) is 27.1. The molecule has 0 spiro atoms. The number of nitrogens with zero attached hydrogens (tertiary/aromatic N) is 1. The van der Waals surface area contributed by atoms with Crippen molar-refractivity contribution in [3.63, 3.8) is 0 Å². The highest BCUT2D eigenvalue weighted by Crippen LogP contribution is 2.58. The number of ketones is 1. The standard InChI is InChI=1S/C26H29NO4/c1-27-12-11-26-15-21(28)23(30-3)14-19(26)20(27)13-18-9-10-22(29-2)25(24(18)26)31-16-17-7-5-4-6-8-17/h4-10,14,19-20H,11-13,15-16H2,1-3H3/t19-,20-,26+/m0/s1. The number of fused-ring (bicyclic) bond motifs is 1. The fourth-order valence-electron chi connectivity index (χ4n) is 5.88. The van der Waals surface area contributed by atoms with E-state index in [2.05, 4.69) is 36.2 Å². The molecule has 5 heteroatoms. The van der Waals surface area contributed by atoms with Crippen LogP contribution in [0.3, 0.4) is 0 Å². The van der Waals surface area contributed by atoms with Crippen molar-refractivity contribution in [2.45, 2.75) is 37.3 Å². The third-order valence-electron chi connectivity index (χ3n) is 7.41. The van der Waals surface area contributed by atoms with Gasteiger partial charge in [0.1, 0.15) is 6.61 Å². The molecule has 3 atom stereocenters. The van der Waals surface area contributed by atoms with Crippen LogP contribution in [0.15, 0.2) is 54.3 Å². The Kier molecular flexibility index (Phi) is 5.01. The van der Waals surface area contributed by atoms with Crippen molar-refractivity contribution in [2.24, 2.45) is 5.92 Å². The Morgan fingerprint density at radius 3 is 2.65 bits per heavy atom. The zero-order valence-corrected chi connectivity index (χ0v) is 18.4. The number of hydrogen-bond acceptors (Lipinski definition) is 5. The molecule has 162 valence electrons. The molecular weight excluding hydrogens is 390 g/mol. The summed E-state index contributed by atoms with van der Waals surface area (Å²) in [4.78, 5) is 15.5. The minimum atomic E-state index is -0.287. The van der Waals surface area contributed by atoms with E-state index >= 15 is 0 Å². The van der Waals surface area contributed by atoms with E-state index in [-0.39, 0.29) is 17.1 Å². The molecule has 2 aliphatic carbocycles. The second-order valence-electron chi connectivity index (χ2n) is 8.92. The van der Waals surface area contributed by atoms with Gasteiger partial charge in [-0.15, -0.1) is 0 Å². The highest BCUT2D eigenvalue weighted by atomic mass is 16.5. The number of carbonyl (C=O) groups is 1. The summed E-state index contributed by atoms with van der Waals surface area (Å²) in [6.45, 7) is 1.42. The Hall–Kier alpha value is -2.79. The minimum Gasteiger partial charge on any atom is -0.493 e. The van der Waals surface area contributed by atoms with Crippen LogP contribution in [0, 0.1) is 5.92 Å². The molecule has 0 radical (unpaired) electrons. The van der Waals surface area contributed by atoms with Gasteiger partial charge in [-0.25, -0.2) is 0 Å². The molecule has 2 aromatic carbocycles. The quantitative estimate of drug-likeness (QED) is 0.736. The predicted octanol–water partition coefficient (Wildman–Crippen LogP) is 3.89. The van der Waals surface area contributed by atoms with Crippen LogP contribution in [0.1, 0.15) is 29.5 Å². The third kappa shape index (κ3) is 3.14. The number of benzene rings is 2. The summed E-state index contributed by atoms with van der Waals surface area (Å²) in [6.07, 6.45) is 4.36. The van der Waals surface area contributed by atoms with E-state index in [4.69, 9.17) is 14.2 Å². The lowest BCUT2D eigenvalue weighted by Gasteiger charge is -2.56. The van der Waals surface area contributed by atoms with Gasteiger partial charge < -0.3 is 19.1 Å². The maximum atomic E-state index is 13.0. The van der Waals surface area contributed by atoms with Crippen LogP contribution in [0.4, 0.5) is 0 Å². The molecule has 31 heavy (non-hydrogen) atoms. The average Bonchev–Trinajstić information content (AvgIpc) is 2.79. The van der Waals surface area contributed by atoms with Crippen molar-refractivity contribution in [1.82, 2.24) is 4.90 Å². The van der Waals surface area contributed by atoms with Crippen molar-refractivity contribution in [3.8, 4) is 11.5 Å². The van der Waals surface area contributed by atoms with Crippen LogP contribution >= 0.6 is 0 Å². The second kappa shape index (κ2) is 7.72. The average molecular weight is 420 g/mol. The molecule has 1 heterocycles. The lowest BCUT2D eigenvalue weighted by Crippen LogP contribution is -2.60. The van der Waals surface area contributed by atoms with Gasteiger partial charge in [0, 0.05) is 29.4 Å². The van der Waals surface area contributed by atoms with Gasteiger partial charge in [-0.1, -0.05) is 36.4 Å². The first-order chi connectivity index (χ1) is 15.1. The second-order valence-corrected chi connectivity index (χ2v) is 8.92. The maximum Gasteiger partial charge on any atom is 0.197 e. The molecule has 1 saturated heterocycles. The van der Waals surface area contributed by atoms with Gasteiger partial charge in [-0.05, 0) is 49.7 Å². The highest BCUT2D eigenvalue weighted by molar-refractivity contribution is 5.96. The van der Waals surface area contributed by atoms with Gasteiger partial charge in [0.05, 0.1) is 14.2 Å². The van der Waals surface area contributed by atoms with Gasteiger partial charge in [0.15, 0.2) is 23.0 Å². The summed E-state index contributed by atoms with van der Waals surface area (Å²) in [5.74, 6) is 2.30. The van der Waals surface area contributed by atoms with Crippen molar-refractivity contribution in [1.29, 1.82) is 0 Å². The smallest absolute Gasteiger partial charge is 0.197 e. The van der Waals surface area contributed by atoms with Crippen LogP contribution < -0.4 is 9.47 Å². The van der Waals surface area contributed by atoms with E-state index in [1.54, 1.807) is 14.2 Å². The lowest BCUT2D eigenvalue weighted by molar-refractivity contribution is -0.122. The summed E-state index contributed by atoms with van der Waals surface area (Å²) in [7, 11) is 5.46. The summed E-state index contributed by atoms with van der Waals surface area (Å²) >= 11 is 0. The number of allylic oxidation sites excluding steroid dienone is 1. The fraction of sp³-hybridized carbons (Fsp3) is 0.423. The first kappa shape index (κ1) is 20.1. The van der Waals surface area contributed by atoms with E-state index in [9.17, 15) is 4.79 Å². The number of likely N-dealkylation sites (N-methyl/N-ethyl adjacent to an activating group) is 1. The molecule has 1 fully saturated rings. The lowest BCUT2D eigenvalue weighted by atomic mass is 9.53. The zero-order valence-electron chi connectivity index (χ0n) is 18.4. The van der Waals surface area contributed by atoms with Gasteiger partial charge in [-0.3, -0.25) is 4.79 Å². The Morgan fingerprint density at radius 2 is 1.90 bits per heavy atom. The molecular formula is C26H29NO4. The number of ether oxygens (including phenoxy) is 3. The van der Waals surface area contributed by atoms with Gasteiger partial charge in [0.2, 0.25) is 0 Å². The minimum absolute atomic E-state index is 0.0757. The number of Topliss-reactive ketones (excluding diaryl/α,β-unsaturated/α-hetero) is 1. The molecule has 1 aliphatic heterocycles. The van der Waals surface area contributed by atoms with Crippen LogP contribution in [0.2, 0.25) is 0 Å². The summed E-state index contributed by atoms with van der Waals surface area (Å²) in [6, 6.07) is 14.7. The Balaban J connectivity index is 1.65. The Morgan fingerprint density at radius 1 is 1.10 bits per heavy atom. The molecule has 3 aliphatic rings. The predicted molar refractivity (Wildman–Crippen MR) is 118 cm³/mol. The summed E-state index contributed by atoms with van der Waals surface area (Å²) in [5.41, 5.74) is 3.25. The number of piperidine rings is 1. The Labute approximate surface area is 183 Å². The SMILES string of the molecule is COC1=C[C@H]2[C@@H]3Cc4ccc(OC)c(OCc5ccccc5)c4[C@]2(CCN3C)CC1=O. The van der Waals surface area contributed by atoms with Gasteiger partial charge in [-0.2, -0.15) is 0 Å². The van der Waals surface area contributed by atoms with E-state index in [0.29, 0.717) is 24.8 Å². The van der Waals surface area contributed by atoms with Crippen molar-refractivity contribution in [3.05, 3.63) is 71.0 Å². The van der Waals surface area contributed by atoms with Crippen LogP contribution in [0.5, 0.6) is 11.5 Å². The molecule has 2 bridgehead atoms. The van der Waals surface area contributed by atoms with Crippen molar-refractivity contribution in [2.75, 3.05) is 27.8 Å². The van der Waals surface area contributed by atoms with E-state index in [0.717, 1.165) is 42.0 Å². The zero-order chi connectivity index (χ0) is 21.6. The van der Waals surface area contributed by atoms with Crippen LogP contribution in [0.25, 0.3) is 0 Å². The Bertz CT molecular complexity index is 1030. The van der Waals surface area contributed by atoms with Gasteiger partial charge in [0.25, 0.3) is 0 Å². The molecule has 0 unspecified atom stereocenters. The molecule has 0 aromatic heterocycles. The van der Waals surface area contributed by atoms with E-state index < -0.39 is 0 Å². The largest absolute Gasteiger partial charge is 0.493 e. The van der Waals surface area contributed by atoms with Crippen molar-refractivity contribution >= 4 is 5.78 Å². The molecule has 2 aromatic rings. The number of carbonyl (C=O) groups excluding carboxylic acids is 1. The summed E-state index contributed by atoms with van der Waals surface area (Å²) < 4.78 is 17.7. The third-order valence-corrected chi connectivity index (χ3v) is 7.41. The number of hydrogen-bond donors (Lipinski definition) is 0. The number of likely N-dealkylation sites (tertiary alicyclic amines) is 1. The highest BCUT2D eigenvalue weighted by Gasteiger charge is 2.56. The molecule has 0 saturated carbocycles.